The maximum absolute atomic E-state index is 13.9. The van der Waals surface area contributed by atoms with Gasteiger partial charge in [0.25, 0.3) is 0 Å². The number of benzene rings is 1. The maximum Gasteiger partial charge on any atom is 0.166 e. The Morgan fingerprint density at radius 2 is 2.24 bits per heavy atom. The molecule has 1 aromatic rings. The van der Waals surface area contributed by atoms with Crippen molar-refractivity contribution < 1.29 is 13.5 Å². The summed E-state index contributed by atoms with van der Waals surface area (Å²) in [6, 6.07) is 1.11. The molecule has 0 amide bonds. The van der Waals surface area contributed by atoms with Crippen LogP contribution in [0.15, 0.2) is 10.5 Å². The summed E-state index contributed by atoms with van der Waals surface area (Å²) in [5.41, 5.74) is 0.339. The number of halogens is 3. The lowest BCUT2D eigenvalue weighted by Crippen LogP contribution is -2.29. The van der Waals surface area contributed by atoms with Crippen LogP contribution in [0.25, 0.3) is 0 Å². The van der Waals surface area contributed by atoms with Crippen LogP contribution in [0, 0.1) is 11.6 Å². The molecule has 1 aromatic carbocycles. The molecule has 1 aliphatic heterocycles. The average Bonchev–Trinajstić information content (AvgIpc) is 2.34. The van der Waals surface area contributed by atoms with Gasteiger partial charge in [0.05, 0.1) is 11.6 Å². The van der Waals surface area contributed by atoms with Gasteiger partial charge in [-0.2, -0.15) is 0 Å². The van der Waals surface area contributed by atoms with Crippen molar-refractivity contribution >= 4 is 15.9 Å². The zero-order chi connectivity index (χ0) is 12.4. The molecule has 1 unspecified atom stereocenters. The summed E-state index contributed by atoms with van der Waals surface area (Å²) < 4.78 is 33.0. The van der Waals surface area contributed by atoms with Crippen molar-refractivity contribution in [3.05, 3.63) is 27.7 Å². The Labute approximate surface area is 107 Å². The van der Waals surface area contributed by atoms with Gasteiger partial charge in [-0.1, -0.05) is 0 Å². The van der Waals surface area contributed by atoms with E-state index in [1.54, 1.807) is 0 Å². The maximum atomic E-state index is 13.9. The zero-order valence-corrected chi connectivity index (χ0v) is 11.1. The molecule has 0 spiro atoms. The van der Waals surface area contributed by atoms with Gasteiger partial charge in [-0.15, -0.1) is 0 Å². The van der Waals surface area contributed by atoms with Gasteiger partial charge in [-0.25, -0.2) is 8.78 Å². The molecule has 2 rings (SSSR count). The molecule has 0 bridgehead atoms. The summed E-state index contributed by atoms with van der Waals surface area (Å²) >= 11 is 3.21. The molecule has 0 saturated carbocycles. The highest BCUT2D eigenvalue weighted by atomic mass is 79.9. The highest BCUT2D eigenvalue weighted by Crippen LogP contribution is 2.39. The van der Waals surface area contributed by atoms with Crippen molar-refractivity contribution in [1.82, 2.24) is 5.32 Å². The van der Waals surface area contributed by atoms with Gasteiger partial charge in [-0.05, 0) is 41.4 Å². The summed E-state index contributed by atoms with van der Waals surface area (Å²) in [4.78, 5) is 0. The number of hydrogen-bond donors (Lipinski definition) is 1. The Balaban J connectivity index is 2.48. The number of nitrogens with one attached hydrogen (secondary N) is 1. The van der Waals surface area contributed by atoms with Crippen LogP contribution in [0.3, 0.4) is 0 Å². The number of rotatable bonds is 2. The minimum absolute atomic E-state index is 0.0364. The van der Waals surface area contributed by atoms with Crippen molar-refractivity contribution in [3.8, 4) is 5.75 Å². The molecule has 1 aliphatic rings. The number of piperidine rings is 1. The third kappa shape index (κ3) is 2.45. The largest absolute Gasteiger partial charge is 0.495 e. The molecular weight excluding hydrogens is 292 g/mol. The Bertz CT molecular complexity index is 419. The first-order valence-corrected chi connectivity index (χ1v) is 6.36. The molecular formula is C12H14BrF2NO. The van der Waals surface area contributed by atoms with Crippen LogP contribution in [0.2, 0.25) is 0 Å². The van der Waals surface area contributed by atoms with E-state index in [1.165, 1.54) is 7.11 Å². The normalized spacial score (nSPS) is 20.4. The molecule has 1 atom stereocenters. The first-order valence-electron chi connectivity index (χ1n) is 5.57. The van der Waals surface area contributed by atoms with Gasteiger partial charge in [0.2, 0.25) is 0 Å². The van der Waals surface area contributed by atoms with Crippen molar-refractivity contribution in [1.29, 1.82) is 0 Å². The molecule has 2 nitrogen and oxygen atoms in total. The third-order valence-electron chi connectivity index (χ3n) is 3.07. The van der Waals surface area contributed by atoms with Crippen molar-refractivity contribution in [2.75, 3.05) is 20.2 Å². The Hall–Kier alpha value is -0.680. The third-order valence-corrected chi connectivity index (χ3v) is 3.66. The second-order valence-electron chi connectivity index (χ2n) is 4.14. The van der Waals surface area contributed by atoms with Crippen LogP contribution < -0.4 is 10.1 Å². The number of ether oxygens (including phenoxy) is 1. The van der Waals surface area contributed by atoms with E-state index in [0.717, 1.165) is 25.5 Å². The van der Waals surface area contributed by atoms with Crippen LogP contribution in [-0.4, -0.2) is 20.2 Å². The summed E-state index contributed by atoms with van der Waals surface area (Å²) in [6.07, 6.45) is 1.80. The first-order chi connectivity index (χ1) is 8.15. The summed E-state index contributed by atoms with van der Waals surface area (Å²) in [7, 11) is 1.47. The van der Waals surface area contributed by atoms with Gasteiger partial charge in [-0.3, -0.25) is 0 Å². The van der Waals surface area contributed by atoms with Gasteiger partial charge >= 0.3 is 0 Å². The van der Waals surface area contributed by atoms with E-state index in [-0.39, 0.29) is 5.92 Å². The molecule has 1 heterocycles. The molecule has 1 fully saturated rings. The van der Waals surface area contributed by atoms with Crippen LogP contribution in [0.1, 0.15) is 24.3 Å². The quantitative estimate of drug-likeness (QED) is 0.847. The zero-order valence-electron chi connectivity index (χ0n) is 9.53. The van der Waals surface area contributed by atoms with Crippen molar-refractivity contribution in [2.45, 2.75) is 18.8 Å². The second-order valence-corrected chi connectivity index (χ2v) is 5.00. The van der Waals surface area contributed by atoms with Gasteiger partial charge in [0.15, 0.2) is 11.6 Å². The van der Waals surface area contributed by atoms with Crippen LogP contribution in [0.4, 0.5) is 8.78 Å². The lowest BCUT2D eigenvalue weighted by atomic mass is 9.90. The van der Waals surface area contributed by atoms with Gasteiger partial charge < -0.3 is 10.1 Å². The minimum Gasteiger partial charge on any atom is -0.495 e. The molecule has 0 radical (unpaired) electrons. The van der Waals surface area contributed by atoms with E-state index in [0.29, 0.717) is 22.3 Å². The minimum atomic E-state index is -0.835. The predicted octanol–water partition coefficient (Wildman–Crippen LogP) is 3.20. The summed E-state index contributed by atoms with van der Waals surface area (Å²) in [5, 5.41) is 3.19. The average molecular weight is 306 g/mol. The topological polar surface area (TPSA) is 21.3 Å². The van der Waals surface area contributed by atoms with Crippen LogP contribution >= 0.6 is 15.9 Å². The van der Waals surface area contributed by atoms with Gasteiger partial charge in [0, 0.05) is 18.0 Å². The van der Waals surface area contributed by atoms with E-state index in [2.05, 4.69) is 21.2 Å². The molecule has 1 saturated heterocycles. The lowest BCUT2D eigenvalue weighted by Gasteiger charge is -2.25. The second kappa shape index (κ2) is 5.31. The number of hydrogen-bond acceptors (Lipinski definition) is 2. The molecule has 1 N–H and O–H groups in total. The fourth-order valence-corrected chi connectivity index (χ4v) is 2.84. The van der Waals surface area contributed by atoms with E-state index in [1.807, 2.05) is 0 Å². The SMILES string of the molecule is COc1c(Br)cc(F)c(F)c1C1CCCNC1. The Morgan fingerprint density at radius 1 is 1.47 bits per heavy atom. The lowest BCUT2D eigenvalue weighted by molar-refractivity contribution is 0.372. The highest BCUT2D eigenvalue weighted by molar-refractivity contribution is 9.10. The Morgan fingerprint density at radius 3 is 2.82 bits per heavy atom. The molecule has 5 heteroatoms. The standard InChI is InChI=1S/C12H14BrF2NO/c1-17-12-8(13)5-9(14)11(15)10(12)7-3-2-4-16-6-7/h5,7,16H,2-4,6H2,1H3. The van der Waals surface area contributed by atoms with E-state index in [4.69, 9.17) is 4.74 Å². The molecule has 0 aliphatic carbocycles. The summed E-state index contributed by atoms with van der Waals surface area (Å²) in [6.45, 7) is 1.58. The highest BCUT2D eigenvalue weighted by Gasteiger charge is 2.26. The monoisotopic (exact) mass is 305 g/mol. The van der Waals surface area contributed by atoms with Gasteiger partial charge in [0.1, 0.15) is 5.75 Å². The van der Waals surface area contributed by atoms with E-state index < -0.39 is 11.6 Å². The number of methoxy groups -OCH3 is 1. The molecule has 94 valence electrons. The molecule has 17 heavy (non-hydrogen) atoms. The molecule has 0 aromatic heterocycles. The van der Waals surface area contributed by atoms with Crippen molar-refractivity contribution in [2.24, 2.45) is 0 Å². The van der Waals surface area contributed by atoms with Crippen molar-refractivity contribution in [3.63, 3.8) is 0 Å². The fraction of sp³-hybridized carbons (Fsp3) is 0.500. The summed E-state index contributed by atoms with van der Waals surface area (Å²) in [5.74, 6) is -1.26. The Kier molecular flexibility index (Phi) is 3.99. The smallest absolute Gasteiger partial charge is 0.166 e. The van der Waals surface area contributed by atoms with E-state index >= 15 is 0 Å². The van der Waals surface area contributed by atoms with Crippen LogP contribution in [-0.2, 0) is 0 Å². The van der Waals surface area contributed by atoms with E-state index in [9.17, 15) is 8.78 Å². The van der Waals surface area contributed by atoms with Crippen LogP contribution in [0.5, 0.6) is 5.75 Å². The first kappa shape index (κ1) is 12.8. The predicted molar refractivity (Wildman–Crippen MR) is 65.5 cm³/mol. The fourth-order valence-electron chi connectivity index (χ4n) is 2.27.